The van der Waals surface area contributed by atoms with Crippen LogP contribution in [-0.4, -0.2) is 5.11 Å². The van der Waals surface area contributed by atoms with E-state index in [0.717, 1.165) is 0 Å². The van der Waals surface area contributed by atoms with Gasteiger partial charge in [-0.15, -0.1) is 0 Å². The minimum Gasteiger partial charge on any atom is -0.395 e. The molecule has 0 aliphatic rings. The van der Waals surface area contributed by atoms with Gasteiger partial charge in [0.15, 0.2) is 0 Å². The Morgan fingerprint density at radius 1 is 1.20 bits per heavy atom. The molecule has 0 radical (unpaired) electrons. The van der Waals surface area contributed by atoms with Crippen molar-refractivity contribution in [3.63, 3.8) is 0 Å². The lowest BCUT2D eigenvalue weighted by molar-refractivity contribution is 0.282. The highest BCUT2D eigenvalue weighted by molar-refractivity contribution is 5.80. The van der Waals surface area contributed by atoms with Gasteiger partial charge in [-0.3, -0.25) is 9.59 Å². The Labute approximate surface area is 85.3 Å². The number of aliphatic hydroxyl groups excluding tert-OH is 1. The van der Waals surface area contributed by atoms with E-state index in [1.54, 1.807) is 24.3 Å². The molecule has 0 spiro atoms. The number of benzene rings is 1. The van der Waals surface area contributed by atoms with E-state index in [9.17, 15) is 9.59 Å². The van der Waals surface area contributed by atoms with E-state index in [1.807, 2.05) is 0 Å². The zero-order chi connectivity index (χ0) is 11.0. The topological polar surface area (TPSA) is 80.4 Å². The zero-order valence-corrected chi connectivity index (χ0v) is 7.86. The van der Waals surface area contributed by atoms with Gasteiger partial charge in [-0.2, -0.15) is 0 Å². The molecule has 76 valence electrons. The van der Waals surface area contributed by atoms with E-state index >= 15 is 0 Å². The molecule has 0 amide bonds. The van der Waals surface area contributed by atoms with Crippen LogP contribution in [0.5, 0.6) is 0 Å². The molecule has 0 aliphatic carbocycles. The summed E-state index contributed by atoms with van der Waals surface area (Å²) in [6.45, 7) is -0.108. The van der Waals surface area contributed by atoms with Crippen molar-refractivity contribution in [3.05, 3.63) is 50.3 Å². The number of anilines is 1. The van der Waals surface area contributed by atoms with Crippen LogP contribution in [0, 0.1) is 0 Å². The molecule has 2 aromatic carbocycles. The van der Waals surface area contributed by atoms with E-state index in [0.29, 0.717) is 11.1 Å². The first kappa shape index (κ1) is 9.61. The number of hydrogen-bond acceptors (Lipinski definition) is 4. The molecule has 4 nitrogen and oxygen atoms in total. The van der Waals surface area contributed by atoms with Crippen molar-refractivity contribution in [3.8, 4) is 11.1 Å². The maximum atomic E-state index is 11.2. The number of hydrogen-bond donors (Lipinski definition) is 2. The molecular weight excluding hydrogens is 194 g/mol. The summed E-state index contributed by atoms with van der Waals surface area (Å²) >= 11 is 0. The lowest BCUT2D eigenvalue weighted by atomic mass is 9.97. The second kappa shape index (κ2) is 3.33. The van der Waals surface area contributed by atoms with Gasteiger partial charge < -0.3 is 10.8 Å². The first-order valence-electron chi connectivity index (χ1n) is 4.44. The van der Waals surface area contributed by atoms with Crippen LogP contribution in [-0.2, 0) is 6.61 Å². The van der Waals surface area contributed by atoms with Crippen molar-refractivity contribution >= 4 is 5.69 Å². The number of nitrogens with two attached hydrogens (primary N) is 1. The quantitative estimate of drug-likeness (QED) is 0.674. The van der Waals surface area contributed by atoms with Gasteiger partial charge in [0.2, 0.25) is 10.9 Å². The number of nitrogen functional groups attached to an aromatic ring is 1. The van der Waals surface area contributed by atoms with Crippen LogP contribution in [0.15, 0.2) is 33.9 Å². The molecule has 0 atom stereocenters. The van der Waals surface area contributed by atoms with Crippen molar-refractivity contribution in [2.24, 2.45) is 0 Å². The molecule has 4 heteroatoms. The fraction of sp³-hybridized carbons (Fsp3) is 0.0909. The fourth-order valence-corrected chi connectivity index (χ4v) is 1.52. The van der Waals surface area contributed by atoms with Crippen LogP contribution in [0.2, 0.25) is 0 Å². The van der Waals surface area contributed by atoms with Gasteiger partial charge in [-0.25, -0.2) is 0 Å². The van der Waals surface area contributed by atoms with Gasteiger partial charge in [-0.1, -0.05) is 18.2 Å². The lowest BCUT2D eigenvalue weighted by Gasteiger charge is -2.07. The summed E-state index contributed by atoms with van der Waals surface area (Å²) < 4.78 is 0. The van der Waals surface area contributed by atoms with E-state index < -0.39 is 10.9 Å². The molecule has 0 saturated carbocycles. The molecule has 0 saturated heterocycles. The second-order valence-electron chi connectivity index (χ2n) is 3.31. The molecule has 0 unspecified atom stereocenters. The largest absolute Gasteiger partial charge is 0.395 e. The predicted octanol–water partition coefficient (Wildman–Crippen LogP) is 0.0241. The van der Waals surface area contributed by atoms with Gasteiger partial charge in [-0.05, 0) is 17.2 Å². The van der Waals surface area contributed by atoms with Crippen LogP contribution in [0.1, 0.15) is 5.56 Å². The van der Waals surface area contributed by atoms with Gasteiger partial charge in [0.25, 0.3) is 0 Å². The molecule has 0 aliphatic heterocycles. The van der Waals surface area contributed by atoms with E-state index in [-0.39, 0.29) is 17.9 Å². The molecule has 15 heavy (non-hydrogen) atoms. The van der Waals surface area contributed by atoms with E-state index in [4.69, 9.17) is 10.8 Å². The van der Waals surface area contributed by atoms with Gasteiger partial charge >= 0.3 is 0 Å². The van der Waals surface area contributed by atoms with Gasteiger partial charge in [0, 0.05) is 0 Å². The lowest BCUT2D eigenvalue weighted by Crippen LogP contribution is -2.35. The summed E-state index contributed by atoms with van der Waals surface area (Å²) in [7, 11) is 0. The maximum absolute atomic E-state index is 11.2. The third kappa shape index (κ3) is 1.35. The first-order chi connectivity index (χ1) is 7.15. The minimum absolute atomic E-state index is 0.00934. The highest BCUT2D eigenvalue weighted by atomic mass is 16.3. The smallest absolute Gasteiger partial charge is 0.249 e. The highest BCUT2D eigenvalue weighted by Crippen LogP contribution is 2.21. The predicted molar refractivity (Wildman–Crippen MR) is 57.1 cm³/mol. The maximum Gasteiger partial charge on any atom is 0.249 e. The summed E-state index contributed by atoms with van der Waals surface area (Å²) in [6, 6.07) is 6.76. The summed E-state index contributed by atoms with van der Waals surface area (Å²) in [5.74, 6) is 0. The monoisotopic (exact) mass is 203 g/mol. The molecule has 2 rings (SSSR count). The van der Waals surface area contributed by atoms with Crippen LogP contribution >= 0.6 is 0 Å². The van der Waals surface area contributed by atoms with E-state index in [1.165, 1.54) is 0 Å². The van der Waals surface area contributed by atoms with Crippen LogP contribution in [0.3, 0.4) is 0 Å². The average molecular weight is 203 g/mol. The summed E-state index contributed by atoms with van der Waals surface area (Å²) in [6.07, 6.45) is 0. The summed E-state index contributed by atoms with van der Waals surface area (Å²) in [4.78, 5) is 22.1. The average Bonchev–Trinajstić information content (AvgIpc) is 2.29. The highest BCUT2D eigenvalue weighted by Gasteiger charge is 2.19. The molecule has 3 N–H and O–H groups in total. The SMILES string of the molecule is Nc1c(-c2cccc(CO)c2)c(=O)c1=O. The third-order valence-electron chi connectivity index (χ3n) is 2.35. The molecule has 0 heterocycles. The normalized spacial score (nSPS) is 10.7. The Balaban J connectivity index is 2.56. The molecule has 0 bridgehead atoms. The zero-order valence-electron chi connectivity index (χ0n) is 7.86. The minimum atomic E-state index is -0.626. The van der Waals surface area contributed by atoms with Crippen LogP contribution in [0.4, 0.5) is 5.69 Å². The van der Waals surface area contributed by atoms with Crippen molar-refractivity contribution in [1.82, 2.24) is 0 Å². The Kier molecular flexibility index (Phi) is 2.13. The Morgan fingerprint density at radius 2 is 1.93 bits per heavy atom. The first-order valence-corrected chi connectivity index (χ1v) is 4.44. The van der Waals surface area contributed by atoms with Crippen molar-refractivity contribution in [2.75, 3.05) is 5.73 Å². The van der Waals surface area contributed by atoms with Crippen LogP contribution < -0.4 is 16.6 Å². The molecule has 0 fully saturated rings. The summed E-state index contributed by atoms with van der Waals surface area (Å²) in [5.41, 5.74) is 5.78. The second-order valence-corrected chi connectivity index (χ2v) is 3.31. The van der Waals surface area contributed by atoms with Gasteiger partial charge in [0.1, 0.15) is 0 Å². The van der Waals surface area contributed by atoms with E-state index in [2.05, 4.69) is 0 Å². The van der Waals surface area contributed by atoms with Crippen molar-refractivity contribution in [2.45, 2.75) is 6.61 Å². The molecule has 0 aromatic heterocycles. The Morgan fingerprint density at radius 3 is 2.53 bits per heavy atom. The van der Waals surface area contributed by atoms with Crippen molar-refractivity contribution in [1.29, 1.82) is 0 Å². The Bertz CT molecular complexity index is 579. The summed E-state index contributed by atoms with van der Waals surface area (Å²) in [5, 5.41) is 8.92. The van der Waals surface area contributed by atoms with Crippen LogP contribution in [0.25, 0.3) is 11.1 Å². The van der Waals surface area contributed by atoms with Crippen molar-refractivity contribution < 1.29 is 5.11 Å². The molecule has 2 aromatic rings. The molecular formula is C11H9NO3. The number of aliphatic hydroxyl groups is 1. The Hall–Kier alpha value is -1.94. The number of rotatable bonds is 2. The van der Waals surface area contributed by atoms with Gasteiger partial charge in [0.05, 0.1) is 17.9 Å². The third-order valence-corrected chi connectivity index (χ3v) is 2.35. The fourth-order valence-electron chi connectivity index (χ4n) is 1.52. The standard InChI is InChI=1S/C11H9NO3/c12-9-8(10(14)11(9)15)7-3-1-2-6(4-7)5-13/h1-4,13H,5,12H2.